The molecule has 0 saturated carbocycles. The second-order valence-corrected chi connectivity index (χ2v) is 5.03. The van der Waals surface area contributed by atoms with Gasteiger partial charge in [0, 0.05) is 12.6 Å². The molecular formula is C14H20N2O2. The van der Waals surface area contributed by atoms with E-state index in [1.165, 1.54) is 7.11 Å². The summed E-state index contributed by atoms with van der Waals surface area (Å²) >= 11 is 0. The molecule has 2 N–H and O–H groups in total. The number of methoxy groups -OCH3 is 1. The van der Waals surface area contributed by atoms with E-state index >= 15 is 0 Å². The van der Waals surface area contributed by atoms with Crippen molar-refractivity contribution in [2.45, 2.75) is 26.8 Å². The van der Waals surface area contributed by atoms with Crippen molar-refractivity contribution in [2.24, 2.45) is 5.41 Å². The van der Waals surface area contributed by atoms with Crippen LogP contribution >= 0.6 is 0 Å². The Morgan fingerprint density at radius 1 is 1.50 bits per heavy atom. The van der Waals surface area contributed by atoms with E-state index in [0.29, 0.717) is 12.3 Å². The van der Waals surface area contributed by atoms with E-state index < -0.39 is 5.41 Å². The first-order chi connectivity index (χ1) is 8.39. The Morgan fingerprint density at radius 2 is 2.17 bits per heavy atom. The van der Waals surface area contributed by atoms with E-state index in [1.54, 1.807) is 12.1 Å². The number of hydrogen-bond donors (Lipinski definition) is 2. The number of phenols is 1. The molecule has 1 rings (SSSR count). The lowest BCUT2D eigenvalue weighted by molar-refractivity contribution is 0.371. The van der Waals surface area contributed by atoms with Crippen LogP contribution in [0.4, 0.5) is 0 Å². The zero-order chi connectivity index (χ0) is 13.8. The number of aromatic hydroxyl groups is 1. The number of rotatable bonds is 5. The minimum Gasteiger partial charge on any atom is -0.504 e. The molecule has 18 heavy (non-hydrogen) atoms. The first kappa shape index (κ1) is 14.3. The zero-order valence-corrected chi connectivity index (χ0v) is 11.3. The van der Waals surface area contributed by atoms with Crippen LogP contribution in [0.3, 0.4) is 0 Å². The number of ether oxygens (including phenoxy) is 1. The molecule has 4 heteroatoms. The second-order valence-electron chi connectivity index (χ2n) is 5.03. The van der Waals surface area contributed by atoms with Crippen LogP contribution in [0.5, 0.6) is 11.5 Å². The van der Waals surface area contributed by atoms with Gasteiger partial charge < -0.3 is 15.2 Å². The third kappa shape index (κ3) is 3.64. The summed E-state index contributed by atoms with van der Waals surface area (Å²) in [6, 6.07) is 7.60. The summed E-state index contributed by atoms with van der Waals surface area (Å²) in [5, 5.41) is 21.8. The Labute approximate surface area is 108 Å². The fraction of sp³-hybridized carbons (Fsp3) is 0.500. The molecule has 0 amide bonds. The number of nitrogens with zero attached hydrogens (tertiary/aromatic N) is 1. The zero-order valence-electron chi connectivity index (χ0n) is 11.3. The van der Waals surface area contributed by atoms with Crippen molar-refractivity contribution in [3.63, 3.8) is 0 Å². The normalized spacial score (nSPS) is 12.8. The van der Waals surface area contributed by atoms with E-state index in [-0.39, 0.29) is 11.8 Å². The summed E-state index contributed by atoms with van der Waals surface area (Å²) in [5.41, 5.74) is 0.619. The SMILES string of the molecule is COc1cc(C(C)NCC(C)(C)C#N)ccc1O. The van der Waals surface area contributed by atoms with Crippen LogP contribution in [0.1, 0.15) is 32.4 Å². The van der Waals surface area contributed by atoms with Crippen molar-refractivity contribution < 1.29 is 9.84 Å². The van der Waals surface area contributed by atoms with Crippen molar-refractivity contribution in [1.29, 1.82) is 5.26 Å². The standard InChI is InChI=1S/C14H20N2O2/c1-10(16-9-14(2,3)8-15)11-5-6-12(17)13(7-11)18-4/h5-7,10,16-17H,9H2,1-4H3. The fourth-order valence-corrected chi connectivity index (χ4v) is 1.53. The molecule has 0 spiro atoms. The molecule has 0 radical (unpaired) electrons. The minimum atomic E-state index is -0.394. The van der Waals surface area contributed by atoms with E-state index in [1.807, 2.05) is 26.8 Å². The summed E-state index contributed by atoms with van der Waals surface area (Å²) in [6.07, 6.45) is 0. The topological polar surface area (TPSA) is 65.3 Å². The third-order valence-electron chi connectivity index (χ3n) is 2.86. The number of phenolic OH excluding ortho intramolecular Hbond substituents is 1. The maximum Gasteiger partial charge on any atom is 0.160 e. The Morgan fingerprint density at radius 3 is 2.72 bits per heavy atom. The van der Waals surface area contributed by atoms with Crippen LogP contribution < -0.4 is 10.1 Å². The van der Waals surface area contributed by atoms with Crippen molar-refractivity contribution in [3.05, 3.63) is 23.8 Å². The Bertz CT molecular complexity index is 450. The van der Waals surface area contributed by atoms with Gasteiger partial charge in [0.25, 0.3) is 0 Å². The second kappa shape index (κ2) is 5.74. The largest absolute Gasteiger partial charge is 0.504 e. The molecule has 0 aromatic heterocycles. The Hall–Kier alpha value is -1.73. The average Bonchev–Trinajstić information content (AvgIpc) is 2.36. The maximum absolute atomic E-state index is 9.53. The van der Waals surface area contributed by atoms with Gasteiger partial charge in [0.1, 0.15) is 0 Å². The summed E-state index contributed by atoms with van der Waals surface area (Å²) < 4.78 is 5.07. The van der Waals surface area contributed by atoms with Crippen LogP contribution in [0.2, 0.25) is 0 Å². The highest BCUT2D eigenvalue weighted by molar-refractivity contribution is 5.42. The van der Waals surface area contributed by atoms with Crippen molar-refractivity contribution in [3.8, 4) is 17.6 Å². The van der Waals surface area contributed by atoms with Crippen LogP contribution in [-0.2, 0) is 0 Å². The highest BCUT2D eigenvalue weighted by Gasteiger charge is 2.18. The number of benzene rings is 1. The molecule has 0 aliphatic heterocycles. The smallest absolute Gasteiger partial charge is 0.160 e. The van der Waals surface area contributed by atoms with Crippen LogP contribution in [0.15, 0.2) is 18.2 Å². The molecule has 1 aromatic carbocycles. The molecule has 1 unspecified atom stereocenters. The lowest BCUT2D eigenvalue weighted by Crippen LogP contribution is -2.30. The fourth-order valence-electron chi connectivity index (χ4n) is 1.53. The predicted molar refractivity (Wildman–Crippen MR) is 70.5 cm³/mol. The van der Waals surface area contributed by atoms with Gasteiger partial charge in [-0.15, -0.1) is 0 Å². The molecule has 0 bridgehead atoms. The lowest BCUT2D eigenvalue weighted by Gasteiger charge is -2.21. The van der Waals surface area contributed by atoms with E-state index in [0.717, 1.165) is 5.56 Å². The number of nitrogens with one attached hydrogen (secondary N) is 1. The van der Waals surface area contributed by atoms with Gasteiger partial charge in [-0.05, 0) is 38.5 Å². The molecular weight excluding hydrogens is 228 g/mol. The van der Waals surface area contributed by atoms with Crippen molar-refractivity contribution >= 4 is 0 Å². The quantitative estimate of drug-likeness (QED) is 0.840. The molecule has 0 aliphatic carbocycles. The number of hydrogen-bond acceptors (Lipinski definition) is 4. The van der Waals surface area contributed by atoms with E-state index in [9.17, 15) is 5.11 Å². The number of nitriles is 1. The molecule has 0 heterocycles. The summed E-state index contributed by atoms with van der Waals surface area (Å²) in [6.45, 7) is 6.40. The summed E-state index contributed by atoms with van der Waals surface area (Å²) in [5.74, 6) is 0.589. The molecule has 4 nitrogen and oxygen atoms in total. The van der Waals surface area contributed by atoms with Gasteiger partial charge in [-0.25, -0.2) is 0 Å². The highest BCUT2D eigenvalue weighted by atomic mass is 16.5. The van der Waals surface area contributed by atoms with E-state index in [2.05, 4.69) is 11.4 Å². The third-order valence-corrected chi connectivity index (χ3v) is 2.86. The van der Waals surface area contributed by atoms with Crippen LogP contribution in [-0.4, -0.2) is 18.8 Å². The highest BCUT2D eigenvalue weighted by Crippen LogP contribution is 2.29. The average molecular weight is 248 g/mol. The molecule has 1 aromatic rings. The Kier molecular flexibility index (Phi) is 4.57. The maximum atomic E-state index is 9.53. The first-order valence-corrected chi connectivity index (χ1v) is 5.91. The van der Waals surface area contributed by atoms with Crippen LogP contribution in [0.25, 0.3) is 0 Å². The van der Waals surface area contributed by atoms with Gasteiger partial charge in [0.15, 0.2) is 11.5 Å². The van der Waals surface area contributed by atoms with Crippen molar-refractivity contribution in [1.82, 2.24) is 5.32 Å². The minimum absolute atomic E-state index is 0.0899. The molecule has 0 fully saturated rings. The van der Waals surface area contributed by atoms with Gasteiger partial charge in [0.2, 0.25) is 0 Å². The van der Waals surface area contributed by atoms with Gasteiger partial charge >= 0.3 is 0 Å². The molecule has 98 valence electrons. The molecule has 1 atom stereocenters. The summed E-state index contributed by atoms with van der Waals surface area (Å²) in [4.78, 5) is 0. The van der Waals surface area contributed by atoms with Crippen LogP contribution in [0, 0.1) is 16.7 Å². The Balaban J connectivity index is 2.73. The van der Waals surface area contributed by atoms with E-state index in [4.69, 9.17) is 10.00 Å². The summed E-state index contributed by atoms with van der Waals surface area (Å²) in [7, 11) is 1.52. The predicted octanol–water partition coefficient (Wildman–Crippen LogP) is 2.60. The van der Waals surface area contributed by atoms with Gasteiger partial charge in [-0.3, -0.25) is 0 Å². The van der Waals surface area contributed by atoms with Gasteiger partial charge in [0.05, 0.1) is 18.6 Å². The monoisotopic (exact) mass is 248 g/mol. The van der Waals surface area contributed by atoms with Gasteiger partial charge in [-0.1, -0.05) is 6.07 Å². The van der Waals surface area contributed by atoms with Crippen molar-refractivity contribution in [2.75, 3.05) is 13.7 Å². The molecule has 0 saturated heterocycles. The first-order valence-electron chi connectivity index (χ1n) is 5.91. The van der Waals surface area contributed by atoms with Gasteiger partial charge in [-0.2, -0.15) is 5.26 Å². The molecule has 0 aliphatic rings. The lowest BCUT2D eigenvalue weighted by atomic mass is 9.95.